The zero-order chi connectivity index (χ0) is 15.2. The summed E-state index contributed by atoms with van der Waals surface area (Å²) in [5, 5.41) is 11.8. The van der Waals surface area contributed by atoms with Crippen LogP contribution < -0.4 is 11.1 Å². The lowest BCUT2D eigenvalue weighted by Gasteiger charge is -2.19. The molecule has 0 unspecified atom stereocenters. The van der Waals surface area contributed by atoms with Gasteiger partial charge in [0.05, 0.1) is 5.56 Å². The largest absolute Gasteiger partial charge is 0.460 e. The summed E-state index contributed by atoms with van der Waals surface area (Å²) in [4.78, 5) is 15.5. The number of pyridine rings is 1. The summed E-state index contributed by atoms with van der Waals surface area (Å²) in [6, 6.07) is 5.24. The van der Waals surface area contributed by atoms with E-state index in [0.29, 0.717) is 30.8 Å². The lowest BCUT2D eigenvalue weighted by atomic mass is 10.2. The van der Waals surface area contributed by atoms with Crippen LogP contribution in [0.5, 0.6) is 0 Å². The maximum atomic E-state index is 11.5. The number of nitrogens with one attached hydrogen (secondary N) is 1. The minimum atomic E-state index is -0.451. The molecule has 0 spiro atoms. The maximum Gasteiger partial charge on any atom is 0.306 e. The monoisotopic (exact) mass is 276 g/mol. The lowest BCUT2D eigenvalue weighted by molar-refractivity contribution is -0.154. The molecule has 0 fully saturated rings. The number of esters is 1. The van der Waals surface area contributed by atoms with Gasteiger partial charge >= 0.3 is 5.97 Å². The summed E-state index contributed by atoms with van der Waals surface area (Å²) < 4.78 is 5.20. The van der Waals surface area contributed by atoms with E-state index in [0.717, 1.165) is 0 Å². The Morgan fingerprint density at radius 1 is 1.50 bits per heavy atom. The number of carbonyl (C=O) groups excluding carboxylic acids is 1. The van der Waals surface area contributed by atoms with Crippen LogP contribution in [0.1, 0.15) is 39.2 Å². The topological polar surface area (TPSA) is 101 Å². The van der Waals surface area contributed by atoms with Gasteiger partial charge in [0.25, 0.3) is 0 Å². The fraction of sp³-hybridized carbons (Fsp3) is 0.500. The van der Waals surface area contributed by atoms with E-state index in [1.165, 1.54) is 0 Å². The summed E-state index contributed by atoms with van der Waals surface area (Å²) in [5.74, 6) is 0.571. The van der Waals surface area contributed by atoms with Crippen LogP contribution in [0.2, 0.25) is 0 Å². The molecule has 0 radical (unpaired) electrons. The Labute approximate surface area is 118 Å². The normalized spacial score (nSPS) is 10.7. The van der Waals surface area contributed by atoms with E-state index in [1.54, 1.807) is 12.1 Å². The molecular weight excluding hydrogens is 256 g/mol. The lowest BCUT2D eigenvalue weighted by Crippen LogP contribution is -2.24. The molecule has 0 aliphatic rings. The fourth-order valence-corrected chi connectivity index (χ4v) is 1.51. The van der Waals surface area contributed by atoms with Crippen LogP contribution >= 0.6 is 0 Å². The number of carbonyl (C=O) groups is 1. The highest BCUT2D eigenvalue weighted by Crippen LogP contribution is 2.12. The number of nitriles is 1. The summed E-state index contributed by atoms with van der Waals surface area (Å²) in [6.45, 7) is 6.10. The van der Waals surface area contributed by atoms with Crippen molar-refractivity contribution in [2.24, 2.45) is 0 Å². The van der Waals surface area contributed by atoms with Crippen molar-refractivity contribution < 1.29 is 9.53 Å². The Hall–Kier alpha value is -2.29. The van der Waals surface area contributed by atoms with E-state index in [-0.39, 0.29) is 11.8 Å². The smallest absolute Gasteiger partial charge is 0.306 e. The van der Waals surface area contributed by atoms with Gasteiger partial charge in [0.15, 0.2) is 0 Å². The quantitative estimate of drug-likeness (QED) is 0.630. The molecule has 0 amide bonds. The molecule has 1 heterocycles. The highest BCUT2D eigenvalue weighted by Gasteiger charge is 2.15. The number of hydrogen-bond acceptors (Lipinski definition) is 6. The fourth-order valence-electron chi connectivity index (χ4n) is 1.51. The molecule has 0 aliphatic carbocycles. The first-order chi connectivity index (χ1) is 9.31. The van der Waals surface area contributed by atoms with Crippen LogP contribution in [-0.4, -0.2) is 23.1 Å². The van der Waals surface area contributed by atoms with Crippen molar-refractivity contribution in [3.8, 4) is 6.07 Å². The van der Waals surface area contributed by atoms with Crippen molar-refractivity contribution in [1.82, 2.24) is 4.98 Å². The summed E-state index contributed by atoms with van der Waals surface area (Å²) >= 11 is 0. The van der Waals surface area contributed by atoms with Gasteiger partial charge in [-0.2, -0.15) is 5.26 Å². The van der Waals surface area contributed by atoms with E-state index >= 15 is 0 Å². The van der Waals surface area contributed by atoms with Crippen LogP contribution in [0, 0.1) is 11.3 Å². The molecule has 1 aromatic rings. The van der Waals surface area contributed by atoms with E-state index in [2.05, 4.69) is 10.3 Å². The van der Waals surface area contributed by atoms with Gasteiger partial charge in [0.1, 0.15) is 23.3 Å². The number of rotatable bonds is 5. The van der Waals surface area contributed by atoms with Gasteiger partial charge in [0, 0.05) is 13.0 Å². The first-order valence-electron chi connectivity index (χ1n) is 6.44. The van der Waals surface area contributed by atoms with Gasteiger partial charge in [-0.15, -0.1) is 0 Å². The first-order valence-corrected chi connectivity index (χ1v) is 6.44. The zero-order valence-electron chi connectivity index (χ0n) is 12.1. The second-order valence-corrected chi connectivity index (χ2v) is 5.36. The van der Waals surface area contributed by atoms with Gasteiger partial charge in [-0.1, -0.05) is 0 Å². The van der Waals surface area contributed by atoms with E-state index in [9.17, 15) is 4.79 Å². The molecule has 6 heteroatoms. The Bertz CT molecular complexity index is 515. The maximum absolute atomic E-state index is 11.5. The van der Waals surface area contributed by atoms with Crippen LogP contribution in [0.3, 0.4) is 0 Å². The predicted molar refractivity (Wildman–Crippen MR) is 76.9 cm³/mol. The molecule has 0 saturated heterocycles. The SMILES string of the molecule is CC(C)(C)OC(=O)CCCNc1ccc(C#N)c(N)n1. The third-order valence-electron chi connectivity index (χ3n) is 2.33. The van der Waals surface area contributed by atoms with Gasteiger partial charge in [-0.05, 0) is 39.3 Å². The van der Waals surface area contributed by atoms with Gasteiger partial charge in [-0.3, -0.25) is 4.79 Å². The average Bonchev–Trinajstić information content (AvgIpc) is 2.33. The molecule has 0 bridgehead atoms. The zero-order valence-corrected chi connectivity index (χ0v) is 12.1. The van der Waals surface area contributed by atoms with Gasteiger partial charge < -0.3 is 15.8 Å². The second-order valence-electron chi connectivity index (χ2n) is 5.36. The van der Waals surface area contributed by atoms with Crippen molar-refractivity contribution in [3.63, 3.8) is 0 Å². The number of nitrogen functional groups attached to an aromatic ring is 1. The van der Waals surface area contributed by atoms with Crippen LogP contribution in [0.15, 0.2) is 12.1 Å². The molecule has 108 valence electrons. The molecular formula is C14H20N4O2. The molecule has 3 N–H and O–H groups in total. The van der Waals surface area contributed by atoms with Gasteiger partial charge in [0.2, 0.25) is 0 Å². The third-order valence-corrected chi connectivity index (χ3v) is 2.33. The Kier molecular flexibility index (Phi) is 5.32. The molecule has 6 nitrogen and oxygen atoms in total. The number of ether oxygens (including phenoxy) is 1. The summed E-state index contributed by atoms with van der Waals surface area (Å²) in [7, 11) is 0. The Morgan fingerprint density at radius 3 is 2.75 bits per heavy atom. The predicted octanol–water partition coefficient (Wildman–Crippen LogP) is 2.07. The molecule has 0 atom stereocenters. The summed E-state index contributed by atoms with van der Waals surface area (Å²) in [6.07, 6.45) is 0.979. The first kappa shape index (κ1) is 15.8. The Balaban J connectivity index is 2.33. The second kappa shape index (κ2) is 6.75. The number of nitrogens with zero attached hydrogens (tertiary/aromatic N) is 2. The number of hydrogen-bond donors (Lipinski definition) is 2. The van der Waals surface area contributed by atoms with Gasteiger partial charge in [-0.25, -0.2) is 4.98 Å². The minimum Gasteiger partial charge on any atom is -0.460 e. The minimum absolute atomic E-state index is 0.199. The standard InChI is InChI=1S/C14H20N4O2/c1-14(2,3)20-12(19)5-4-8-17-11-7-6-10(9-15)13(16)18-11/h6-7H,4-5,8H2,1-3H3,(H3,16,17,18). The average molecular weight is 276 g/mol. The van der Waals surface area contributed by atoms with E-state index in [1.807, 2.05) is 26.8 Å². The molecule has 0 saturated carbocycles. The number of aromatic nitrogens is 1. The van der Waals surface area contributed by atoms with Crippen LogP contribution in [-0.2, 0) is 9.53 Å². The number of nitrogens with two attached hydrogens (primary N) is 1. The number of anilines is 2. The summed E-state index contributed by atoms with van der Waals surface area (Å²) in [5.41, 5.74) is 5.51. The Morgan fingerprint density at radius 2 is 2.20 bits per heavy atom. The molecule has 1 rings (SSSR count). The third kappa shape index (κ3) is 5.57. The molecule has 1 aromatic heterocycles. The molecule has 0 aliphatic heterocycles. The van der Waals surface area contributed by atoms with Crippen LogP contribution in [0.4, 0.5) is 11.6 Å². The van der Waals surface area contributed by atoms with Crippen molar-refractivity contribution in [2.75, 3.05) is 17.6 Å². The van der Waals surface area contributed by atoms with Crippen molar-refractivity contribution in [3.05, 3.63) is 17.7 Å². The van der Waals surface area contributed by atoms with Crippen LogP contribution in [0.25, 0.3) is 0 Å². The highest BCUT2D eigenvalue weighted by molar-refractivity contribution is 5.69. The highest BCUT2D eigenvalue weighted by atomic mass is 16.6. The van der Waals surface area contributed by atoms with E-state index < -0.39 is 5.60 Å². The van der Waals surface area contributed by atoms with Crippen molar-refractivity contribution >= 4 is 17.6 Å². The van der Waals surface area contributed by atoms with Crippen molar-refractivity contribution in [2.45, 2.75) is 39.2 Å². The molecule has 20 heavy (non-hydrogen) atoms. The molecule has 0 aromatic carbocycles. The van der Waals surface area contributed by atoms with E-state index in [4.69, 9.17) is 15.7 Å². The van der Waals surface area contributed by atoms with Crippen molar-refractivity contribution in [1.29, 1.82) is 5.26 Å².